The van der Waals surface area contributed by atoms with Gasteiger partial charge >= 0.3 is 0 Å². The average Bonchev–Trinajstić information content (AvgIpc) is 2.59. The molecule has 0 radical (unpaired) electrons. The van der Waals surface area contributed by atoms with Crippen molar-refractivity contribution in [2.45, 2.75) is 42.6 Å². The smallest absolute Gasteiger partial charge is 0.263 e. The van der Waals surface area contributed by atoms with Crippen LogP contribution in [0, 0.1) is 0 Å². The van der Waals surface area contributed by atoms with Gasteiger partial charge in [-0.05, 0) is 37.1 Å². The molecule has 1 aromatic heterocycles. The van der Waals surface area contributed by atoms with E-state index in [1.165, 1.54) is 19.3 Å². The number of methoxy groups -OCH3 is 1. The second-order valence-corrected chi connectivity index (χ2v) is 7.52. The summed E-state index contributed by atoms with van der Waals surface area (Å²) >= 11 is 1.75. The van der Waals surface area contributed by atoms with Crippen LogP contribution in [0.2, 0.25) is 0 Å². The number of thioether (sulfide) groups is 1. The molecule has 0 unspecified atom stereocenters. The lowest BCUT2D eigenvalue weighted by atomic mass is 10.0. The van der Waals surface area contributed by atoms with Crippen molar-refractivity contribution in [2.24, 2.45) is 0 Å². The maximum atomic E-state index is 13.1. The minimum Gasteiger partial charge on any atom is -0.497 e. The van der Waals surface area contributed by atoms with Gasteiger partial charge in [-0.25, -0.2) is 4.98 Å². The molecule has 1 fully saturated rings. The number of hydrogen-bond donors (Lipinski definition) is 1. The third-order valence-corrected chi connectivity index (χ3v) is 6.02. The first-order valence-electron chi connectivity index (χ1n) is 8.43. The van der Waals surface area contributed by atoms with Crippen molar-refractivity contribution in [3.05, 3.63) is 45.9 Å². The summed E-state index contributed by atoms with van der Waals surface area (Å²) < 4.78 is 7.00. The number of rotatable bonds is 4. The molecular weight excluding hydrogens is 322 g/mol. The number of aromatic nitrogens is 2. The molecule has 24 heavy (non-hydrogen) atoms. The molecule has 0 bridgehead atoms. The molecule has 0 atom stereocenters. The van der Waals surface area contributed by atoms with E-state index in [2.05, 4.69) is 5.32 Å². The van der Waals surface area contributed by atoms with Crippen molar-refractivity contribution in [1.82, 2.24) is 14.9 Å². The molecule has 1 N–H and O–H groups in total. The van der Waals surface area contributed by atoms with Crippen LogP contribution < -0.4 is 15.6 Å². The van der Waals surface area contributed by atoms with Crippen molar-refractivity contribution >= 4 is 11.8 Å². The maximum absolute atomic E-state index is 13.1. The van der Waals surface area contributed by atoms with Gasteiger partial charge in [0, 0.05) is 24.8 Å². The average molecular weight is 343 g/mol. The SMILES string of the molecule is COc1ccc(-n2c(SC3CCC3)nc3c(c2=O)CNCC3)cc1. The first kappa shape index (κ1) is 15.7. The van der Waals surface area contributed by atoms with Gasteiger partial charge in [0.15, 0.2) is 5.16 Å². The van der Waals surface area contributed by atoms with Crippen LogP contribution in [0.5, 0.6) is 5.75 Å². The fraction of sp³-hybridized carbons (Fsp3) is 0.444. The first-order chi connectivity index (χ1) is 11.8. The molecule has 2 aromatic rings. The zero-order valence-electron chi connectivity index (χ0n) is 13.7. The molecule has 5 nitrogen and oxygen atoms in total. The van der Waals surface area contributed by atoms with Gasteiger partial charge in [0.1, 0.15) is 5.75 Å². The molecular formula is C18H21N3O2S. The summed E-state index contributed by atoms with van der Waals surface area (Å²) in [7, 11) is 1.64. The quantitative estimate of drug-likeness (QED) is 0.865. The number of ether oxygens (including phenoxy) is 1. The van der Waals surface area contributed by atoms with Crippen molar-refractivity contribution in [3.8, 4) is 11.4 Å². The molecule has 2 heterocycles. The fourth-order valence-electron chi connectivity index (χ4n) is 3.06. The highest BCUT2D eigenvalue weighted by Gasteiger charge is 2.25. The molecule has 6 heteroatoms. The lowest BCUT2D eigenvalue weighted by Gasteiger charge is -2.26. The third-order valence-electron chi connectivity index (χ3n) is 4.73. The molecule has 0 amide bonds. The Morgan fingerprint density at radius 1 is 1.29 bits per heavy atom. The van der Waals surface area contributed by atoms with Crippen LogP contribution >= 0.6 is 11.8 Å². The highest BCUT2D eigenvalue weighted by Crippen LogP contribution is 2.36. The van der Waals surface area contributed by atoms with E-state index in [4.69, 9.17) is 9.72 Å². The Morgan fingerprint density at radius 3 is 2.75 bits per heavy atom. The second-order valence-electron chi connectivity index (χ2n) is 6.26. The predicted molar refractivity (Wildman–Crippen MR) is 95.3 cm³/mol. The number of nitrogens with zero attached hydrogens (tertiary/aromatic N) is 2. The number of benzene rings is 1. The standard InChI is InChI=1S/C18H21N3O2S/c1-23-13-7-5-12(6-8-13)21-17(22)15-11-19-10-9-16(15)20-18(21)24-14-3-2-4-14/h5-8,14,19H,2-4,9-11H2,1H3. The Balaban J connectivity index is 1.83. The first-order valence-corrected chi connectivity index (χ1v) is 9.31. The van der Waals surface area contributed by atoms with E-state index >= 15 is 0 Å². The van der Waals surface area contributed by atoms with E-state index in [-0.39, 0.29) is 5.56 Å². The molecule has 4 rings (SSSR count). The Labute approximate surface area is 145 Å². The summed E-state index contributed by atoms with van der Waals surface area (Å²) in [5.41, 5.74) is 2.67. The zero-order chi connectivity index (χ0) is 16.5. The minimum atomic E-state index is 0.0548. The second kappa shape index (κ2) is 6.61. The Bertz CT molecular complexity index is 797. The molecule has 0 spiro atoms. The Kier molecular flexibility index (Phi) is 4.33. The monoisotopic (exact) mass is 343 g/mol. The van der Waals surface area contributed by atoms with Crippen molar-refractivity contribution in [2.75, 3.05) is 13.7 Å². The molecule has 1 aliphatic carbocycles. The predicted octanol–water partition coefficient (Wildman–Crippen LogP) is 2.53. The summed E-state index contributed by atoms with van der Waals surface area (Å²) in [5, 5.41) is 4.69. The molecule has 1 aliphatic heterocycles. The third kappa shape index (κ3) is 2.84. The van der Waals surface area contributed by atoms with Gasteiger partial charge in [-0.2, -0.15) is 0 Å². The largest absolute Gasteiger partial charge is 0.497 e. The number of nitrogens with one attached hydrogen (secondary N) is 1. The lowest BCUT2D eigenvalue weighted by Crippen LogP contribution is -2.35. The van der Waals surface area contributed by atoms with Crippen LogP contribution in [0.25, 0.3) is 5.69 Å². The van der Waals surface area contributed by atoms with E-state index in [0.717, 1.165) is 40.8 Å². The van der Waals surface area contributed by atoms with E-state index in [9.17, 15) is 4.79 Å². The van der Waals surface area contributed by atoms with Gasteiger partial charge in [0.25, 0.3) is 5.56 Å². The van der Waals surface area contributed by atoms with Crippen LogP contribution in [-0.4, -0.2) is 28.5 Å². The normalized spacial score (nSPS) is 17.2. The van der Waals surface area contributed by atoms with Crippen LogP contribution in [0.3, 0.4) is 0 Å². The van der Waals surface area contributed by atoms with E-state index in [1.807, 2.05) is 24.3 Å². The lowest BCUT2D eigenvalue weighted by molar-refractivity contribution is 0.414. The summed E-state index contributed by atoms with van der Waals surface area (Å²) in [6.45, 7) is 1.49. The topological polar surface area (TPSA) is 56.2 Å². The molecule has 1 saturated carbocycles. The summed E-state index contributed by atoms with van der Waals surface area (Å²) in [4.78, 5) is 18.0. The minimum absolute atomic E-state index is 0.0548. The summed E-state index contributed by atoms with van der Waals surface area (Å²) in [6.07, 6.45) is 4.52. The molecule has 126 valence electrons. The van der Waals surface area contributed by atoms with E-state index < -0.39 is 0 Å². The molecule has 2 aliphatic rings. The van der Waals surface area contributed by atoms with Crippen molar-refractivity contribution in [1.29, 1.82) is 0 Å². The van der Waals surface area contributed by atoms with E-state index in [1.54, 1.807) is 23.4 Å². The van der Waals surface area contributed by atoms with Gasteiger partial charge in [-0.15, -0.1) is 0 Å². The zero-order valence-corrected chi connectivity index (χ0v) is 14.6. The van der Waals surface area contributed by atoms with Crippen LogP contribution in [0.1, 0.15) is 30.5 Å². The Morgan fingerprint density at radius 2 is 2.08 bits per heavy atom. The van der Waals surface area contributed by atoms with E-state index in [0.29, 0.717) is 11.8 Å². The van der Waals surface area contributed by atoms with Gasteiger partial charge in [0.2, 0.25) is 0 Å². The van der Waals surface area contributed by atoms with Crippen molar-refractivity contribution < 1.29 is 4.74 Å². The van der Waals surface area contributed by atoms with Gasteiger partial charge in [-0.1, -0.05) is 18.2 Å². The summed E-state index contributed by atoms with van der Waals surface area (Å²) in [6, 6.07) is 7.62. The van der Waals surface area contributed by atoms with Crippen molar-refractivity contribution in [3.63, 3.8) is 0 Å². The highest BCUT2D eigenvalue weighted by atomic mass is 32.2. The highest BCUT2D eigenvalue weighted by molar-refractivity contribution is 7.99. The van der Waals surface area contributed by atoms with Gasteiger partial charge in [0.05, 0.1) is 24.1 Å². The van der Waals surface area contributed by atoms with Crippen LogP contribution in [-0.2, 0) is 13.0 Å². The molecule has 1 aromatic carbocycles. The fourth-order valence-corrected chi connectivity index (χ4v) is 4.38. The van der Waals surface area contributed by atoms with Gasteiger partial charge < -0.3 is 10.1 Å². The number of fused-ring (bicyclic) bond motifs is 1. The summed E-state index contributed by atoms with van der Waals surface area (Å²) in [5.74, 6) is 0.785. The number of hydrogen-bond acceptors (Lipinski definition) is 5. The Hall–Kier alpha value is -1.79. The van der Waals surface area contributed by atoms with Crippen LogP contribution in [0.4, 0.5) is 0 Å². The van der Waals surface area contributed by atoms with Crippen LogP contribution in [0.15, 0.2) is 34.2 Å². The van der Waals surface area contributed by atoms with Gasteiger partial charge in [-0.3, -0.25) is 9.36 Å². The maximum Gasteiger partial charge on any atom is 0.263 e. The molecule has 0 saturated heterocycles.